The van der Waals surface area contributed by atoms with Crippen molar-refractivity contribution >= 4 is 11.8 Å². The summed E-state index contributed by atoms with van der Waals surface area (Å²) in [4.78, 5) is 27.2. The molecule has 3 aliphatic rings. The van der Waals surface area contributed by atoms with Crippen molar-refractivity contribution in [2.75, 3.05) is 6.54 Å². The summed E-state index contributed by atoms with van der Waals surface area (Å²) >= 11 is 0. The first-order chi connectivity index (χ1) is 8.44. The Hall–Kier alpha value is -1.06. The van der Waals surface area contributed by atoms with Crippen LogP contribution >= 0.6 is 0 Å². The van der Waals surface area contributed by atoms with E-state index in [2.05, 4.69) is 5.32 Å². The van der Waals surface area contributed by atoms with Gasteiger partial charge in [0.2, 0.25) is 11.8 Å². The number of nitrogens with zero attached hydrogens (tertiary/aromatic N) is 1. The molecule has 0 radical (unpaired) electrons. The SMILES string of the molecule is CCN1C(=O)C(C)(C2CC2)NC(=O)C1(C)C1CC1. The van der Waals surface area contributed by atoms with Gasteiger partial charge >= 0.3 is 0 Å². The smallest absolute Gasteiger partial charge is 0.249 e. The van der Waals surface area contributed by atoms with Crippen molar-refractivity contribution < 1.29 is 9.59 Å². The Morgan fingerprint density at radius 3 is 2.17 bits per heavy atom. The summed E-state index contributed by atoms with van der Waals surface area (Å²) in [5.41, 5.74) is -1.26. The van der Waals surface area contributed by atoms with Gasteiger partial charge in [0.25, 0.3) is 0 Å². The van der Waals surface area contributed by atoms with E-state index < -0.39 is 11.1 Å². The van der Waals surface area contributed by atoms with Crippen LogP contribution in [0.5, 0.6) is 0 Å². The van der Waals surface area contributed by atoms with Crippen molar-refractivity contribution in [3.8, 4) is 0 Å². The first-order valence-electron chi connectivity index (χ1n) is 7.09. The Morgan fingerprint density at radius 2 is 1.72 bits per heavy atom. The van der Waals surface area contributed by atoms with E-state index in [9.17, 15) is 9.59 Å². The molecule has 0 aromatic rings. The van der Waals surface area contributed by atoms with Gasteiger partial charge in [-0.15, -0.1) is 0 Å². The lowest BCUT2D eigenvalue weighted by molar-refractivity contribution is -0.163. The van der Waals surface area contributed by atoms with Gasteiger partial charge in [-0.05, 0) is 58.3 Å². The molecule has 1 heterocycles. The molecule has 100 valence electrons. The molecule has 2 saturated carbocycles. The van der Waals surface area contributed by atoms with Crippen LogP contribution in [0.4, 0.5) is 0 Å². The summed E-state index contributed by atoms with van der Waals surface area (Å²) in [7, 11) is 0. The fourth-order valence-electron chi connectivity index (χ4n) is 3.49. The van der Waals surface area contributed by atoms with Gasteiger partial charge < -0.3 is 10.2 Å². The van der Waals surface area contributed by atoms with Crippen LogP contribution in [0.2, 0.25) is 0 Å². The number of hydrogen-bond donors (Lipinski definition) is 1. The maximum absolute atomic E-state index is 12.8. The molecule has 2 atom stereocenters. The lowest BCUT2D eigenvalue weighted by atomic mass is 9.81. The summed E-state index contributed by atoms with van der Waals surface area (Å²) in [5, 5.41) is 3.05. The van der Waals surface area contributed by atoms with Crippen molar-refractivity contribution in [1.29, 1.82) is 0 Å². The van der Waals surface area contributed by atoms with Gasteiger partial charge in [0.05, 0.1) is 0 Å². The summed E-state index contributed by atoms with van der Waals surface area (Å²) in [6.45, 7) is 6.44. The van der Waals surface area contributed by atoms with Gasteiger partial charge in [-0.1, -0.05) is 0 Å². The van der Waals surface area contributed by atoms with Gasteiger partial charge in [0.15, 0.2) is 0 Å². The number of likely N-dealkylation sites (N-methyl/N-ethyl adjacent to an activating group) is 1. The second-order valence-corrected chi connectivity index (χ2v) is 6.40. The van der Waals surface area contributed by atoms with E-state index in [4.69, 9.17) is 0 Å². The van der Waals surface area contributed by atoms with Crippen molar-refractivity contribution in [3.05, 3.63) is 0 Å². The summed E-state index contributed by atoms with van der Waals surface area (Å²) in [5.74, 6) is 0.874. The van der Waals surface area contributed by atoms with Crippen LogP contribution in [0.1, 0.15) is 46.5 Å². The van der Waals surface area contributed by atoms with Gasteiger partial charge in [-0.3, -0.25) is 9.59 Å². The van der Waals surface area contributed by atoms with Gasteiger partial charge in [-0.25, -0.2) is 0 Å². The molecule has 4 heteroatoms. The number of hydrogen-bond acceptors (Lipinski definition) is 2. The normalized spacial score (nSPS) is 40.9. The molecule has 3 fully saturated rings. The number of carbonyl (C=O) groups is 2. The highest BCUT2D eigenvalue weighted by atomic mass is 16.2. The average molecular weight is 250 g/mol. The minimum Gasteiger partial charge on any atom is -0.340 e. The number of amides is 2. The fourth-order valence-corrected chi connectivity index (χ4v) is 3.49. The van der Waals surface area contributed by atoms with Crippen LogP contribution in [-0.2, 0) is 9.59 Å². The maximum Gasteiger partial charge on any atom is 0.249 e. The first kappa shape index (κ1) is 12.0. The highest BCUT2D eigenvalue weighted by Gasteiger charge is 2.62. The van der Waals surface area contributed by atoms with E-state index in [1.165, 1.54) is 0 Å². The molecule has 3 rings (SSSR count). The van der Waals surface area contributed by atoms with E-state index in [1.54, 1.807) is 0 Å². The largest absolute Gasteiger partial charge is 0.340 e. The third-order valence-corrected chi connectivity index (χ3v) is 5.17. The molecule has 18 heavy (non-hydrogen) atoms. The molecule has 2 unspecified atom stereocenters. The first-order valence-corrected chi connectivity index (χ1v) is 7.09. The van der Waals surface area contributed by atoms with E-state index in [-0.39, 0.29) is 11.8 Å². The topological polar surface area (TPSA) is 49.4 Å². The predicted octanol–water partition coefficient (Wildman–Crippen LogP) is 1.30. The third kappa shape index (κ3) is 1.38. The predicted molar refractivity (Wildman–Crippen MR) is 67.8 cm³/mol. The van der Waals surface area contributed by atoms with E-state index in [0.29, 0.717) is 18.4 Å². The monoisotopic (exact) mass is 250 g/mol. The molecule has 1 aliphatic heterocycles. The number of nitrogens with one attached hydrogen (secondary N) is 1. The second-order valence-electron chi connectivity index (χ2n) is 6.40. The fraction of sp³-hybridized carbons (Fsp3) is 0.857. The molecule has 0 bridgehead atoms. The molecule has 2 amide bonds. The van der Waals surface area contributed by atoms with Crippen molar-refractivity contribution in [2.24, 2.45) is 11.8 Å². The summed E-state index contributed by atoms with van der Waals surface area (Å²) in [6.07, 6.45) is 4.24. The number of piperazine rings is 1. The van der Waals surface area contributed by atoms with Crippen LogP contribution in [0.3, 0.4) is 0 Å². The average Bonchev–Trinajstić information content (AvgIpc) is 3.19. The molecule has 0 spiro atoms. The zero-order valence-corrected chi connectivity index (χ0v) is 11.5. The molecule has 0 aromatic heterocycles. The molecule has 2 aliphatic carbocycles. The lowest BCUT2D eigenvalue weighted by Gasteiger charge is -2.50. The van der Waals surface area contributed by atoms with Crippen LogP contribution in [-0.4, -0.2) is 34.3 Å². The van der Waals surface area contributed by atoms with Crippen molar-refractivity contribution in [1.82, 2.24) is 10.2 Å². The molecule has 0 aromatic carbocycles. The quantitative estimate of drug-likeness (QED) is 0.821. The molecular formula is C14H22N2O2. The number of rotatable bonds is 3. The Morgan fingerprint density at radius 1 is 1.17 bits per heavy atom. The minimum absolute atomic E-state index is 0.0563. The standard InChI is InChI=1S/C14H22N2O2/c1-4-16-12(18)13(2,9-5-6-9)15-11(17)14(16,3)10-7-8-10/h9-10H,4-8H2,1-3H3,(H,15,17). The molecule has 1 saturated heterocycles. The Kier molecular flexibility index (Phi) is 2.32. The van der Waals surface area contributed by atoms with Crippen LogP contribution in [0.15, 0.2) is 0 Å². The maximum atomic E-state index is 12.8. The zero-order valence-electron chi connectivity index (χ0n) is 11.5. The Balaban J connectivity index is 1.97. The van der Waals surface area contributed by atoms with Crippen molar-refractivity contribution in [2.45, 2.75) is 57.5 Å². The van der Waals surface area contributed by atoms with Crippen LogP contribution < -0.4 is 5.32 Å². The third-order valence-electron chi connectivity index (χ3n) is 5.17. The zero-order chi connectivity index (χ0) is 13.1. The van der Waals surface area contributed by atoms with Crippen LogP contribution in [0, 0.1) is 11.8 Å². The van der Waals surface area contributed by atoms with Crippen molar-refractivity contribution in [3.63, 3.8) is 0 Å². The Bertz CT molecular complexity index is 414. The molecule has 4 nitrogen and oxygen atoms in total. The molecular weight excluding hydrogens is 228 g/mol. The second kappa shape index (κ2) is 3.49. The van der Waals surface area contributed by atoms with E-state index in [1.807, 2.05) is 25.7 Å². The van der Waals surface area contributed by atoms with Gasteiger partial charge in [0.1, 0.15) is 11.1 Å². The van der Waals surface area contributed by atoms with Gasteiger partial charge in [-0.2, -0.15) is 0 Å². The highest BCUT2D eigenvalue weighted by molar-refractivity contribution is 6.02. The molecule has 1 N–H and O–H groups in total. The minimum atomic E-state index is -0.651. The number of carbonyl (C=O) groups excluding carboxylic acids is 2. The van der Waals surface area contributed by atoms with Crippen LogP contribution in [0.25, 0.3) is 0 Å². The lowest BCUT2D eigenvalue weighted by Crippen LogP contribution is -2.75. The Labute approximate surface area is 108 Å². The van der Waals surface area contributed by atoms with E-state index in [0.717, 1.165) is 25.7 Å². The van der Waals surface area contributed by atoms with Gasteiger partial charge in [0, 0.05) is 6.54 Å². The van der Waals surface area contributed by atoms with E-state index >= 15 is 0 Å². The highest BCUT2D eigenvalue weighted by Crippen LogP contribution is 2.49. The summed E-state index contributed by atoms with van der Waals surface area (Å²) in [6, 6.07) is 0. The summed E-state index contributed by atoms with van der Waals surface area (Å²) < 4.78 is 0.